The van der Waals surface area contributed by atoms with Crippen LogP contribution in [0, 0.1) is 55.9 Å². The lowest BCUT2D eigenvalue weighted by Crippen LogP contribution is -2.60. The van der Waals surface area contributed by atoms with Gasteiger partial charge >= 0.3 is 0 Å². The Balaban J connectivity index is 1.64. The highest BCUT2D eigenvalue weighted by Gasteiger charge is 2.65. The average molecular weight is 376 g/mol. The van der Waals surface area contributed by atoms with Crippen molar-refractivity contribution in [1.29, 1.82) is 0 Å². The first-order valence-electron chi connectivity index (χ1n) is 11.2. The van der Waals surface area contributed by atoms with Crippen molar-refractivity contribution < 1.29 is 9.72 Å². The van der Waals surface area contributed by atoms with Crippen LogP contribution in [0.5, 0.6) is 0 Å². The highest BCUT2D eigenvalue weighted by Crippen LogP contribution is 2.69. The van der Waals surface area contributed by atoms with Crippen molar-refractivity contribution in [2.75, 3.05) is 0 Å². The monoisotopic (exact) mass is 375 g/mol. The summed E-state index contributed by atoms with van der Waals surface area (Å²) in [5, 5.41) is 11.7. The van der Waals surface area contributed by atoms with Crippen molar-refractivity contribution in [3.8, 4) is 0 Å². The molecule has 152 valence electrons. The molecular weight excluding hydrogens is 338 g/mol. The number of nitrogens with zero attached hydrogens (tertiary/aromatic N) is 1. The molecule has 4 fully saturated rings. The Bertz CT molecular complexity index is 658. The Morgan fingerprint density at radius 3 is 2.15 bits per heavy atom. The fraction of sp³-hybridized carbons (Fsp3) is 0.957. The molecule has 0 aromatic carbocycles. The Morgan fingerprint density at radius 1 is 0.889 bits per heavy atom. The Kier molecular flexibility index (Phi) is 4.33. The minimum atomic E-state index is -0.394. The summed E-state index contributed by atoms with van der Waals surface area (Å²) >= 11 is 0. The Labute approximate surface area is 164 Å². The lowest BCUT2D eigenvalue weighted by atomic mass is 9.41. The molecule has 0 saturated heterocycles. The van der Waals surface area contributed by atoms with Gasteiger partial charge in [-0.15, -0.1) is 0 Å². The maximum Gasteiger partial charge on any atom is 0.218 e. The maximum absolute atomic E-state index is 12.3. The number of rotatable bonds is 2. The first-order valence-corrected chi connectivity index (χ1v) is 11.2. The van der Waals surface area contributed by atoms with Gasteiger partial charge in [-0.3, -0.25) is 14.9 Å². The standard InChI is InChI=1S/C23H37NO3/c1-14(25)16-7-8-17-15-6-9-19-21(2,3)20(24(26)27)11-13-23(19,5)18(15)10-12-22(16,17)4/h15-20H,6-13H2,1-5H3/t15?,16?,17?,18?,19?,20?,22?,23-/m1/s1. The number of fused-ring (bicyclic) bond motifs is 5. The molecule has 4 aliphatic carbocycles. The smallest absolute Gasteiger partial charge is 0.218 e. The minimum absolute atomic E-state index is 0.00195. The number of hydrogen-bond donors (Lipinski definition) is 0. The summed E-state index contributed by atoms with van der Waals surface area (Å²) in [5.74, 6) is 3.19. The Morgan fingerprint density at radius 2 is 1.52 bits per heavy atom. The topological polar surface area (TPSA) is 60.2 Å². The summed E-state index contributed by atoms with van der Waals surface area (Å²) < 4.78 is 0. The van der Waals surface area contributed by atoms with Crippen LogP contribution in [0.4, 0.5) is 0 Å². The normalized spacial score (nSPS) is 51.0. The van der Waals surface area contributed by atoms with Crippen LogP contribution in [0.3, 0.4) is 0 Å². The van der Waals surface area contributed by atoms with E-state index in [4.69, 9.17) is 0 Å². The van der Waals surface area contributed by atoms with Gasteiger partial charge in [0.2, 0.25) is 6.04 Å². The average Bonchev–Trinajstić information content (AvgIpc) is 2.91. The number of carbonyl (C=O) groups is 1. The van der Waals surface area contributed by atoms with Crippen LogP contribution in [-0.2, 0) is 4.79 Å². The third-order valence-corrected chi connectivity index (χ3v) is 10.3. The van der Waals surface area contributed by atoms with Gasteiger partial charge in [0.25, 0.3) is 0 Å². The summed E-state index contributed by atoms with van der Waals surface area (Å²) in [7, 11) is 0. The van der Waals surface area contributed by atoms with Crippen LogP contribution in [0.1, 0.15) is 86.0 Å². The molecule has 4 nitrogen and oxygen atoms in total. The summed E-state index contributed by atoms with van der Waals surface area (Å²) in [6.45, 7) is 11.0. The van der Waals surface area contributed by atoms with E-state index in [1.54, 1.807) is 6.92 Å². The molecule has 0 spiro atoms. The maximum atomic E-state index is 12.3. The van der Waals surface area contributed by atoms with Crippen molar-refractivity contribution in [2.45, 2.75) is 92.0 Å². The largest absolute Gasteiger partial charge is 0.300 e. The van der Waals surface area contributed by atoms with Crippen molar-refractivity contribution in [2.24, 2.45) is 45.8 Å². The molecule has 0 bridgehead atoms. The van der Waals surface area contributed by atoms with E-state index in [1.165, 1.54) is 25.7 Å². The second kappa shape index (κ2) is 6.03. The molecule has 0 amide bonds. The Hall–Kier alpha value is -0.930. The molecule has 0 aromatic heterocycles. The number of nitro groups is 1. The van der Waals surface area contributed by atoms with Crippen LogP contribution in [0.25, 0.3) is 0 Å². The second-order valence-corrected chi connectivity index (χ2v) is 11.5. The number of carbonyl (C=O) groups excluding carboxylic acids is 1. The van der Waals surface area contributed by atoms with Crippen LogP contribution in [0.15, 0.2) is 0 Å². The molecule has 0 aliphatic heterocycles. The molecule has 4 rings (SSSR count). The van der Waals surface area contributed by atoms with Crippen molar-refractivity contribution in [1.82, 2.24) is 0 Å². The quantitative estimate of drug-likeness (QED) is 0.472. The number of hydrogen-bond acceptors (Lipinski definition) is 3. The predicted octanol–water partition coefficient (Wildman–Crippen LogP) is 5.52. The van der Waals surface area contributed by atoms with E-state index in [0.717, 1.165) is 31.6 Å². The van der Waals surface area contributed by atoms with Crippen LogP contribution in [-0.4, -0.2) is 16.7 Å². The molecule has 27 heavy (non-hydrogen) atoms. The van der Waals surface area contributed by atoms with E-state index >= 15 is 0 Å². The van der Waals surface area contributed by atoms with E-state index in [2.05, 4.69) is 27.7 Å². The molecule has 0 N–H and O–H groups in total. The zero-order chi connectivity index (χ0) is 19.8. The third kappa shape index (κ3) is 2.50. The molecular formula is C23H37NO3. The predicted molar refractivity (Wildman–Crippen MR) is 106 cm³/mol. The van der Waals surface area contributed by atoms with Gasteiger partial charge in [-0.05, 0) is 86.4 Å². The van der Waals surface area contributed by atoms with Crippen molar-refractivity contribution in [3.05, 3.63) is 10.1 Å². The van der Waals surface area contributed by atoms with Gasteiger partial charge in [0, 0.05) is 22.7 Å². The summed E-state index contributed by atoms with van der Waals surface area (Å²) in [6, 6.07) is -0.394. The fourth-order valence-electron chi connectivity index (χ4n) is 9.13. The van der Waals surface area contributed by atoms with Crippen LogP contribution >= 0.6 is 0 Å². The summed E-state index contributed by atoms with van der Waals surface area (Å²) in [5.41, 5.74) is 0.206. The highest BCUT2D eigenvalue weighted by atomic mass is 16.6. The molecule has 4 aliphatic rings. The van der Waals surface area contributed by atoms with Gasteiger partial charge < -0.3 is 0 Å². The van der Waals surface area contributed by atoms with E-state index in [-0.39, 0.29) is 27.1 Å². The molecule has 4 saturated carbocycles. The van der Waals surface area contributed by atoms with Gasteiger partial charge in [-0.1, -0.05) is 27.7 Å². The SMILES string of the molecule is CC(=O)C1CCC2C3CCC4C(C)(C)C([N+](=O)[O-])CC[C@]4(C)C3CCC12C. The van der Waals surface area contributed by atoms with Gasteiger partial charge in [0.15, 0.2) is 0 Å². The molecule has 0 radical (unpaired) electrons. The molecule has 7 unspecified atom stereocenters. The number of Topliss-reactive ketones (excluding diaryl/α,β-unsaturated/α-hetero) is 1. The fourth-order valence-corrected chi connectivity index (χ4v) is 9.13. The first kappa shape index (κ1) is 19.4. The first-order chi connectivity index (χ1) is 12.5. The molecule has 8 atom stereocenters. The zero-order valence-electron chi connectivity index (χ0n) is 17.8. The zero-order valence-corrected chi connectivity index (χ0v) is 17.8. The number of ketones is 1. The molecule has 4 heteroatoms. The van der Waals surface area contributed by atoms with Gasteiger partial charge in [0.05, 0.1) is 0 Å². The summed E-state index contributed by atoms with van der Waals surface area (Å²) in [6.07, 6.45) is 8.76. The van der Waals surface area contributed by atoms with Gasteiger partial charge in [-0.25, -0.2) is 0 Å². The van der Waals surface area contributed by atoms with Crippen molar-refractivity contribution >= 4 is 5.78 Å². The second-order valence-electron chi connectivity index (χ2n) is 11.5. The molecule has 0 aromatic rings. The van der Waals surface area contributed by atoms with Crippen LogP contribution < -0.4 is 0 Å². The molecule has 0 heterocycles. The van der Waals surface area contributed by atoms with Crippen LogP contribution in [0.2, 0.25) is 0 Å². The third-order valence-electron chi connectivity index (χ3n) is 10.3. The van der Waals surface area contributed by atoms with E-state index < -0.39 is 6.04 Å². The van der Waals surface area contributed by atoms with Crippen molar-refractivity contribution in [3.63, 3.8) is 0 Å². The van der Waals surface area contributed by atoms with Gasteiger partial charge in [-0.2, -0.15) is 0 Å². The minimum Gasteiger partial charge on any atom is -0.300 e. The highest BCUT2D eigenvalue weighted by molar-refractivity contribution is 5.79. The lowest BCUT2D eigenvalue weighted by molar-refractivity contribution is -0.552. The van der Waals surface area contributed by atoms with E-state index in [0.29, 0.717) is 23.5 Å². The van der Waals surface area contributed by atoms with Gasteiger partial charge in [0.1, 0.15) is 5.78 Å². The van der Waals surface area contributed by atoms with E-state index in [1.807, 2.05) is 0 Å². The van der Waals surface area contributed by atoms with E-state index in [9.17, 15) is 14.9 Å². The lowest BCUT2D eigenvalue weighted by Gasteiger charge is -2.63. The summed E-state index contributed by atoms with van der Waals surface area (Å²) in [4.78, 5) is 24.0.